The molecule has 116 valence electrons. The molecule has 0 bridgehead atoms. The zero-order chi connectivity index (χ0) is 16.8. The molecule has 1 aromatic carbocycles. The van der Waals surface area contributed by atoms with E-state index >= 15 is 0 Å². The van der Waals surface area contributed by atoms with Crippen LogP contribution in [0.2, 0.25) is 0 Å². The fraction of sp³-hybridized carbons (Fsp3) is 0.333. The molecule has 0 saturated carbocycles. The summed E-state index contributed by atoms with van der Waals surface area (Å²) in [5, 5.41) is 12.2. The number of hydrogen-bond donors (Lipinski definition) is 2. The Labute approximate surface area is 132 Å². The van der Waals surface area contributed by atoms with Crippen molar-refractivity contribution >= 4 is 30.6 Å². The molecule has 23 heavy (non-hydrogen) atoms. The number of para-hydroxylation sites is 1. The van der Waals surface area contributed by atoms with E-state index in [4.69, 9.17) is 7.85 Å². The molecule has 1 aliphatic rings. The first kappa shape index (κ1) is 15.3. The van der Waals surface area contributed by atoms with Gasteiger partial charge in [0.25, 0.3) is 5.56 Å². The lowest BCUT2D eigenvalue weighted by molar-refractivity contribution is -0.132. The summed E-state index contributed by atoms with van der Waals surface area (Å²) in [5.74, 6) is -1.08. The van der Waals surface area contributed by atoms with Crippen molar-refractivity contribution in [2.75, 3.05) is 0 Å². The molecular formula is C15H14BN3O4. The number of amides is 2. The molecule has 2 aromatic rings. The summed E-state index contributed by atoms with van der Waals surface area (Å²) < 4.78 is 1.10. The van der Waals surface area contributed by atoms with E-state index in [1.165, 1.54) is 25.1 Å². The summed E-state index contributed by atoms with van der Waals surface area (Å²) in [5.41, 5.74) is -2.07. The number of hydrogen-bond acceptors (Lipinski definition) is 5. The van der Waals surface area contributed by atoms with Gasteiger partial charge in [-0.3, -0.25) is 24.3 Å². The molecule has 7 nitrogen and oxygen atoms in total. The average Bonchev–Trinajstić information content (AvgIpc) is 2.60. The van der Waals surface area contributed by atoms with Gasteiger partial charge >= 0.3 is 0 Å². The normalized spacial score (nSPS) is 22.0. The first-order chi connectivity index (χ1) is 10.8. The molecule has 1 aromatic heterocycles. The fourth-order valence-electron chi connectivity index (χ4n) is 2.91. The fourth-order valence-corrected chi connectivity index (χ4v) is 2.91. The third kappa shape index (κ3) is 2.30. The molecule has 3 rings (SSSR count). The number of nitrogens with one attached hydrogen (secondary N) is 1. The molecule has 0 unspecified atom stereocenters. The highest BCUT2D eigenvalue weighted by Crippen LogP contribution is 2.26. The molecule has 1 aliphatic heterocycles. The van der Waals surface area contributed by atoms with Crippen LogP contribution in [0.1, 0.15) is 25.1 Å². The second-order valence-corrected chi connectivity index (χ2v) is 5.63. The first-order valence-corrected chi connectivity index (χ1v) is 7.19. The molecule has 2 N–H and O–H groups in total. The van der Waals surface area contributed by atoms with E-state index in [9.17, 15) is 19.5 Å². The maximum Gasteiger partial charge on any atom is 0.261 e. The predicted molar refractivity (Wildman–Crippen MR) is 83.1 cm³/mol. The van der Waals surface area contributed by atoms with Crippen LogP contribution in [-0.2, 0) is 15.0 Å². The summed E-state index contributed by atoms with van der Waals surface area (Å²) in [6.45, 7) is 1.53. The minimum Gasteiger partial charge on any atom is -0.506 e. The molecule has 0 spiro atoms. The van der Waals surface area contributed by atoms with Crippen molar-refractivity contribution in [3.63, 3.8) is 0 Å². The average molecular weight is 311 g/mol. The highest BCUT2D eigenvalue weighted by Gasteiger charge is 2.39. The molecule has 0 aliphatic carbocycles. The highest BCUT2D eigenvalue weighted by molar-refractivity contribution is 6.28. The van der Waals surface area contributed by atoms with E-state index in [-0.39, 0.29) is 35.3 Å². The Morgan fingerprint density at radius 2 is 2.09 bits per heavy atom. The Morgan fingerprint density at radius 1 is 1.35 bits per heavy atom. The number of carbonyl (C=O) groups excluding carboxylic acids is 2. The van der Waals surface area contributed by atoms with E-state index in [0.29, 0.717) is 6.42 Å². The number of phenolic OH excluding ortho intramolecular Hbond substituents is 1. The third-order valence-electron chi connectivity index (χ3n) is 4.05. The number of aryl methyl sites for hydroxylation is 1. The van der Waals surface area contributed by atoms with Crippen LogP contribution >= 0.6 is 0 Å². The van der Waals surface area contributed by atoms with Crippen LogP contribution in [0.3, 0.4) is 0 Å². The number of imide groups is 1. The minimum atomic E-state index is -1.69. The topological polar surface area (TPSA) is 101 Å². The first-order valence-electron chi connectivity index (χ1n) is 7.19. The van der Waals surface area contributed by atoms with E-state index in [1.807, 2.05) is 0 Å². The van der Waals surface area contributed by atoms with Crippen molar-refractivity contribution < 1.29 is 14.7 Å². The van der Waals surface area contributed by atoms with Gasteiger partial charge in [-0.05, 0) is 31.9 Å². The van der Waals surface area contributed by atoms with Crippen molar-refractivity contribution in [3.8, 4) is 5.75 Å². The molecule has 8 heteroatoms. The summed E-state index contributed by atoms with van der Waals surface area (Å²) in [7, 11) is 6.21. The Kier molecular flexibility index (Phi) is 3.47. The van der Waals surface area contributed by atoms with Crippen LogP contribution in [0.4, 0.5) is 0 Å². The Bertz CT molecular complexity index is 892. The molecule has 1 atom stereocenters. The molecular weight excluding hydrogens is 297 g/mol. The van der Waals surface area contributed by atoms with Gasteiger partial charge in [-0.25, -0.2) is 4.98 Å². The Balaban J connectivity index is 2.29. The Morgan fingerprint density at radius 3 is 2.83 bits per heavy atom. The van der Waals surface area contributed by atoms with E-state index in [0.717, 1.165) is 4.57 Å². The second kappa shape index (κ2) is 5.22. The zero-order valence-electron chi connectivity index (χ0n) is 12.5. The number of aromatic nitrogens is 2. The number of aromatic hydroxyl groups is 1. The maximum absolute atomic E-state index is 12.8. The summed E-state index contributed by atoms with van der Waals surface area (Å²) in [6.07, 6.45) is 0.676. The van der Waals surface area contributed by atoms with Gasteiger partial charge in [-0.1, -0.05) is 6.07 Å². The van der Waals surface area contributed by atoms with Gasteiger partial charge in [0.05, 0.1) is 10.8 Å². The number of rotatable bonds is 1. The van der Waals surface area contributed by atoms with E-state index < -0.39 is 22.8 Å². The molecule has 2 radical (unpaired) electrons. The largest absolute Gasteiger partial charge is 0.506 e. The van der Waals surface area contributed by atoms with Crippen molar-refractivity contribution in [2.45, 2.75) is 31.6 Å². The number of phenols is 1. The highest BCUT2D eigenvalue weighted by atomic mass is 16.3. The van der Waals surface area contributed by atoms with E-state index in [1.54, 1.807) is 0 Å². The maximum atomic E-state index is 12.8. The van der Waals surface area contributed by atoms with Gasteiger partial charge in [0.1, 0.15) is 24.9 Å². The predicted octanol–water partition coefficient (Wildman–Crippen LogP) is 0.0585. The lowest BCUT2D eigenvalue weighted by atomic mass is 9.73. The van der Waals surface area contributed by atoms with Gasteiger partial charge in [-0.2, -0.15) is 0 Å². The van der Waals surface area contributed by atoms with Gasteiger partial charge in [-0.15, -0.1) is 0 Å². The Hall–Kier alpha value is -2.64. The van der Waals surface area contributed by atoms with Crippen molar-refractivity contribution in [2.24, 2.45) is 0 Å². The summed E-state index contributed by atoms with van der Waals surface area (Å²) >= 11 is 0. The molecule has 1 fully saturated rings. The molecule has 2 heterocycles. The number of fused-ring (bicyclic) bond motifs is 1. The van der Waals surface area contributed by atoms with Crippen LogP contribution in [0.25, 0.3) is 10.9 Å². The third-order valence-corrected chi connectivity index (χ3v) is 4.05. The van der Waals surface area contributed by atoms with Crippen LogP contribution < -0.4 is 10.9 Å². The van der Waals surface area contributed by atoms with Gasteiger partial charge in [0, 0.05) is 6.42 Å². The van der Waals surface area contributed by atoms with E-state index in [2.05, 4.69) is 10.3 Å². The quantitative estimate of drug-likeness (QED) is 0.573. The van der Waals surface area contributed by atoms with Crippen molar-refractivity contribution in [3.05, 3.63) is 34.4 Å². The van der Waals surface area contributed by atoms with Crippen molar-refractivity contribution in [1.82, 2.24) is 14.9 Å². The summed E-state index contributed by atoms with van der Waals surface area (Å²) in [6, 6.07) is 4.44. The van der Waals surface area contributed by atoms with Crippen LogP contribution in [0.5, 0.6) is 5.75 Å². The monoisotopic (exact) mass is 311 g/mol. The van der Waals surface area contributed by atoms with Crippen LogP contribution in [-0.4, -0.2) is 34.3 Å². The lowest BCUT2D eigenvalue weighted by Crippen LogP contribution is -2.54. The lowest BCUT2D eigenvalue weighted by Gasteiger charge is -2.30. The standard InChI is InChI=1S/C15H14BN3O4/c1-8-17-12-9(4-2-5-10(12)20)13(22)19(8)15(16)7-3-6-11(21)18-14(15)23/h2,4-5,20H,3,6-7H2,1H3,(H,18,21,23)/t15-/m0/s1. The number of carbonyl (C=O) groups is 2. The van der Waals surface area contributed by atoms with Gasteiger partial charge < -0.3 is 5.11 Å². The second-order valence-electron chi connectivity index (χ2n) is 5.63. The molecule has 2 amide bonds. The van der Waals surface area contributed by atoms with Crippen LogP contribution in [0, 0.1) is 6.92 Å². The zero-order valence-corrected chi connectivity index (χ0v) is 12.5. The van der Waals surface area contributed by atoms with Crippen molar-refractivity contribution in [1.29, 1.82) is 0 Å². The number of nitrogens with zero attached hydrogens (tertiary/aromatic N) is 2. The molecule has 1 saturated heterocycles. The minimum absolute atomic E-state index is 0.124. The van der Waals surface area contributed by atoms with Crippen LogP contribution in [0.15, 0.2) is 23.0 Å². The van der Waals surface area contributed by atoms with Gasteiger partial charge in [0.15, 0.2) is 0 Å². The number of benzene rings is 1. The SMILES string of the molecule is [B][C@]1(n2c(C)nc3c(O)cccc3c2=O)CCCC(=O)NC1=O. The smallest absolute Gasteiger partial charge is 0.261 e. The van der Waals surface area contributed by atoms with Gasteiger partial charge in [0.2, 0.25) is 11.8 Å². The summed E-state index contributed by atoms with van der Waals surface area (Å²) in [4.78, 5) is 40.9.